The van der Waals surface area contributed by atoms with E-state index in [1.807, 2.05) is 13.0 Å². The van der Waals surface area contributed by atoms with Gasteiger partial charge in [-0.05, 0) is 18.2 Å². The Balaban J connectivity index is 0.00000144. The fourth-order valence-electron chi connectivity index (χ4n) is 1.49. The van der Waals surface area contributed by atoms with Gasteiger partial charge < -0.3 is 0 Å². The Morgan fingerprint density at radius 1 is 1.41 bits per heavy atom. The van der Waals surface area contributed by atoms with Crippen LogP contribution < -0.4 is 0 Å². The smallest absolute Gasteiger partial charge is 0.0628 e. The molecule has 93 valence electrons. The molecule has 0 aliphatic heterocycles. The first-order valence-electron chi connectivity index (χ1n) is 5.12. The van der Waals surface area contributed by atoms with E-state index in [2.05, 4.69) is 11.2 Å². The molecule has 0 saturated heterocycles. The molecule has 0 aliphatic carbocycles. The van der Waals surface area contributed by atoms with E-state index >= 15 is 0 Å². The molecule has 5 heteroatoms. The van der Waals surface area contributed by atoms with E-state index in [4.69, 9.17) is 0 Å². The van der Waals surface area contributed by atoms with E-state index in [0.717, 1.165) is 30.7 Å². The molecule has 1 heterocycles. The van der Waals surface area contributed by atoms with Gasteiger partial charge in [0, 0.05) is 37.9 Å². The van der Waals surface area contributed by atoms with E-state index < -0.39 is 11.6 Å². The van der Waals surface area contributed by atoms with Crippen LogP contribution in [0.5, 0.6) is 0 Å². The quantitative estimate of drug-likeness (QED) is 0.708. The van der Waals surface area contributed by atoms with Crippen LogP contribution in [0.4, 0.5) is 8.78 Å². The van der Waals surface area contributed by atoms with Crippen LogP contribution in [0.1, 0.15) is 19.0 Å². The van der Waals surface area contributed by atoms with Crippen molar-refractivity contribution in [2.75, 3.05) is 0 Å². The molecular weight excluding hydrogens is 402 g/mol. The molecule has 0 spiro atoms. The van der Waals surface area contributed by atoms with Crippen molar-refractivity contribution in [1.82, 2.24) is 9.78 Å². The molecule has 0 bridgehead atoms. The van der Waals surface area contributed by atoms with E-state index in [0.29, 0.717) is 0 Å². The molecule has 0 amide bonds. The Bertz CT molecular complexity index is 497. The zero-order chi connectivity index (χ0) is 11.5. The molecule has 0 aliphatic rings. The maximum absolute atomic E-state index is 13.4. The van der Waals surface area contributed by atoms with Gasteiger partial charge in [0.2, 0.25) is 0 Å². The van der Waals surface area contributed by atoms with Crippen molar-refractivity contribution in [3.05, 3.63) is 47.8 Å². The number of aromatic nitrogens is 2. The van der Waals surface area contributed by atoms with E-state index in [9.17, 15) is 8.78 Å². The van der Waals surface area contributed by atoms with Crippen LogP contribution in [0.25, 0.3) is 5.69 Å². The average molecular weight is 413 g/mol. The second-order valence-corrected chi connectivity index (χ2v) is 3.52. The van der Waals surface area contributed by atoms with Crippen LogP contribution in [0.15, 0.2) is 24.4 Å². The second-order valence-electron chi connectivity index (χ2n) is 3.52. The molecule has 0 unspecified atom stereocenters. The number of nitrogens with zero attached hydrogens (tertiary/aromatic N) is 2. The monoisotopic (exact) mass is 414 g/mol. The summed E-state index contributed by atoms with van der Waals surface area (Å²) in [5.41, 5.74) is 1.03. The van der Waals surface area contributed by atoms with Gasteiger partial charge in [0.05, 0.1) is 5.69 Å². The number of hydrogen-bond donors (Lipinski definition) is 0. The topological polar surface area (TPSA) is 17.8 Å². The Hall–Kier alpha value is -1.06. The maximum atomic E-state index is 13.4. The van der Waals surface area contributed by atoms with Crippen molar-refractivity contribution in [3.8, 4) is 5.69 Å². The van der Waals surface area contributed by atoms with Crippen molar-refractivity contribution in [1.29, 1.82) is 0 Å². The minimum Gasteiger partial charge on any atom is -0.284 e. The van der Waals surface area contributed by atoms with Crippen LogP contribution in [-0.2, 0) is 26.5 Å². The van der Waals surface area contributed by atoms with Crippen molar-refractivity contribution in [2.45, 2.75) is 19.8 Å². The standard InChI is InChI=1S/C12H11F2N2.Ir/c1-2-3-10-6-7-16(15-10)12-5-4-9(13)8-11(12)14;/h4,6-8H,2-3H2,1H3;/q-1;. The minimum absolute atomic E-state index is 0. The molecule has 2 aromatic rings. The molecule has 0 N–H and O–H groups in total. The van der Waals surface area contributed by atoms with Crippen molar-refractivity contribution in [2.24, 2.45) is 0 Å². The first-order valence-corrected chi connectivity index (χ1v) is 5.12. The summed E-state index contributed by atoms with van der Waals surface area (Å²) in [6, 6.07) is 6.27. The Morgan fingerprint density at radius 3 is 2.82 bits per heavy atom. The number of aryl methyl sites for hydroxylation is 1. The van der Waals surface area contributed by atoms with Crippen molar-refractivity contribution in [3.63, 3.8) is 0 Å². The summed E-state index contributed by atoms with van der Waals surface area (Å²) in [5, 5.41) is 4.18. The Morgan fingerprint density at radius 2 is 2.18 bits per heavy atom. The zero-order valence-electron chi connectivity index (χ0n) is 9.21. The van der Waals surface area contributed by atoms with E-state index in [1.165, 1.54) is 4.68 Å². The fourth-order valence-corrected chi connectivity index (χ4v) is 1.49. The molecule has 2 nitrogen and oxygen atoms in total. The number of hydrogen-bond acceptors (Lipinski definition) is 1. The average Bonchev–Trinajstić information content (AvgIpc) is 2.67. The zero-order valence-corrected chi connectivity index (χ0v) is 11.6. The van der Waals surface area contributed by atoms with Crippen LogP contribution in [0.2, 0.25) is 0 Å². The van der Waals surface area contributed by atoms with Crippen LogP contribution in [0.3, 0.4) is 0 Å². The molecule has 0 atom stereocenters. The molecule has 0 fully saturated rings. The summed E-state index contributed by atoms with van der Waals surface area (Å²) in [4.78, 5) is 0. The normalized spacial score (nSPS) is 10.1. The van der Waals surface area contributed by atoms with Gasteiger partial charge in [-0.15, -0.1) is 12.1 Å². The Kier molecular flexibility index (Phi) is 4.97. The molecular formula is C12H11F2IrN2-. The summed E-state index contributed by atoms with van der Waals surface area (Å²) in [7, 11) is 0. The van der Waals surface area contributed by atoms with Crippen molar-refractivity contribution >= 4 is 0 Å². The van der Waals surface area contributed by atoms with Crippen LogP contribution >= 0.6 is 0 Å². The first kappa shape index (κ1) is 14.0. The maximum Gasteiger partial charge on any atom is 0.0628 e. The Labute approximate surface area is 112 Å². The number of benzene rings is 1. The summed E-state index contributed by atoms with van der Waals surface area (Å²) in [6.45, 7) is 2.05. The van der Waals surface area contributed by atoms with Gasteiger partial charge in [0.15, 0.2) is 0 Å². The number of halogens is 2. The summed E-state index contributed by atoms with van der Waals surface area (Å²) in [6.07, 6.45) is 3.47. The largest absolute Gasteiger partial charge is 0.284 e. The molecule has 2 rings (SSSR count). The van der Waals surface area contributed by atoms with Gasteiger partial charge in [-0.25, -0.2) is 0 Å². The van der Waals surface area contributed by atoms with Gasteiger partial charge in [-0.3, -0.25) is 13.5 Å². The minimum atomic E-state index is -0.661. The van der Waals surface area contributed by atoms with Gasteiger partial charge in [0.25, 0.3) is 0 Å². The SMILES string of the molecule is CCCc1ccn(-c2[c-]cc(F)cc2F)n1.[Ir]. The fraction of sp³-hybridized carbons (Fsp3) is 0.250. The third-order valence-electron chi connectivity index (χ3n) is 2.22. The van der Waals surface area contributed by atoms with Crippen LogP contribution in [0, 0.1) is 17.7 Å². The third kappa shape index (κ3) is 3.20. The number of rotatable bonds is 3. The predicted molar refractivity (Wildman–Crippen MR) is 56.3 cm³/mol. The molecule has 17 heavy (non-hydrogen) atoms. The first-order chi connectivity index (χ1) is 7.70. The van der Waals surface area contributed by atoms with Gasteiger partial charge in [-0.1, -0.05) is 13.3 Å². The van der Waals surface area contributed by atoms with E-state index in [1.54, 1.807) is 6.20 Å². The van der Waals surface area contributed by atoms with Crippen LogP contribution in [-0.4, -0.2) is 9.78 Å². The van der Waals surface area contributed by atoms with Gasteiger partial charge >= 0.3 is 0 Å². The van der Waals surface area contributed by atoms with Gasteiger partial charge in [-0.2, -0.15) is 11.2 Å². The summed E-state index contributed by atoms with van der Waals surface area (Å²) in [5.74, 6) is -1.30. The second kappa shape index (κ2) is 6.03. The van der Waals surface area contributed by atoms with Crippen molar-refractivity contribution < 1.29 is 28.9 Å². The molecule has 0 saturated carbocycles. The predicted octanol–water partition coefficient (Wildman–Crippen LogP) is 2.90. The van der Waals surface area contributed by atoms with E-state index in [-0.39, 0.29) is 25.8 Å². The molecule has 1 aromatic heterocycles. The summed E-state index contributed by atoms with van der Waals surface area (Å²) < 4.78 is 27.5. The molecule has 1 radical (unpaired) electrons. The molecule has 1 aromatic carbocycles. The third-order valence-corrected chi connectivity index (χ3v) is 2.22. The van der Waals surface area contributed by atoms with Gasteiger partial charge in [0.1, 0.15) is 0 Å². The summed E-state index contributed by atoms with van der Waals surface area (Å²) >= 11 is 0.